The highest BCUT2D eigenvalue weighted by molar-refractivity contribution is 9.10. The summed E-state index contributed by atoms with van der Waals surface area (Å²) < 4.78 is 1.22. The highest BCUT2D eigenvalue weighted by Gasteiger charge is 2.29. The van der Waals surface area contributed by atoms with E-state index in [2.05, 4.69) is 99.9 Å². The molecule has 0 amide bonds. The van der Waals surface area contributed by atoms with Crippen molar-refractivity contribution in [2.24, 2.45) is 0 Å². The fraction of sp³-hybridized carbons (Fsp3) is 0.364. The van der Waals surface area contributed by atoms with Gasteiger partial charge in [-0.25, -0.2) is 0 Å². The number of fused-ring (bicyclic) bond motifs is 2. The molecule has 0 nitrogen and oxygen atoms in total. The number of hydrogen-bond donors (Lipinski definition) is 0. The maximum atomic E-state index is 3.86. The van der Waals surface area contributed by atoms with Crippen molar-refractivity contribution in [1.29, 1.82) is 0 Å². The van der Waals surface area contributed by atoms with E-state index in [9.17, 15) is 0 Å². The van der Waals surface area contributed by atoms with Gasteiger partial charge in [-0.2, -0.15) is 0 Å². The molecule has 0 aliphatic heterocycles. The van der Waals surface area contributed by atoms with Crippen molar-refractivity contribution in [3.63, 3.8) is 0 Å². The molecule has 3 aromatic rings. The molecule has 0 fully saturated rings. The van der Waals surface area contributed by atoms with E-state index in [0.29, 0.717) is 0 Å². The molecule has 0 saturated carbocycles. The lowest BCUT2D eigenvalue weighted by atomic mass is 9.73. The third-order valence-electron chi connectivity index (χ3n) is 4.46. The second kappa shape index (κ2) is 5.34. The smallest absolute Gasteiger partial charge is 0.0221 e. The van der Waals surface area contributed by atoms with Gasteiger partial charge in [-0.15, -0.1) is 0 Å². The first kappa shape index (κ1) is 16.5. The molecule has 0 bridgehead atoms. The van der Waals surface area contributed by atoms with Crippen molar-refractivity contribution in [2.75, 3.05) is 0 Å². The molecule has 0 aliphatic carbocycles. The van der Waals surface area contributed by atoms with E-state index in [0.717, 1.165) is 0 Å². The zero-order chi connectivity index (χ0) is 17.0. The van der Waals surface area contributed by atoms with E-state index in [1.807, 2.05) is 0 Å². The van der Waals surface area contributed by atoms with Gasteiger partial charge in [-0.3, -0.25) is 0 Å². The highest BCUT2D eigenvalue weighted by atomic mass is 79.9. The minimum absolute atomic E-state index is 0.0904. The Labute approximate surface area is 148 Å². The molecule has 0 unspecified atom stereocenters. The van der Waals surface area contributed by atoms with E-state index >= 15 is 0 Å². The summed E-state index contributed by atoms with van der Waals surface area (Å²) in [6, 6.07) is 15.6. The summed E-state index contributed by atoms with van der Waals surface area (Å²) >= 11 is 3.86. The summed E-state index contributed by atoms with van der Waals surface area (Å²) in [7, 11) is 0. The van der Waals surface area contributed by atoms with Crippen LogP contribution in [0.25, 0.3) is 21.5 Å². The molecule has 0 spiro atoms. The fourth-order valence-corrected chi connectivity index (χ4v) is 4.61. The van der Waals surface area contributed by atoms with Gasteiger partial charge >= 0.3 is 0 Å². The summed E-state index contributed by atoms with van der Waals surface area (Å²) in [5.74, 6) is 0. The van der Waals surface area contributed by atoms with E-state index in [4.69, 9.17) is 0 Å². The largest absolute Gasteiger partial charge is 0.0616 e. The lowest BCUT2D eigenvalue weighted by molar-refractivity contribution is 0.532. The van der Waals surface area contributed by atoms with Crippen LogP contribution in [0.2, 0.25) is 0 Å². The molecule has 0 saturated heterocycles. The average Bonchev–Trinajstić information content (AvgIpc) is 2.41. The second-order valence-corrected chi connectivity index (χ2v) is 9.38. The fourth-order valence-electron chi connectivity index (χ4n) is 3.57. The van der Waals surface area contributed by atoms with Crippen molar-refractivity contribution >= 4 is 37.5 Å². The Morgan fingerprint density at radius 2 is 1.17 bits per heavy atom. The summed E-state index contributed by atoms with van der Waals surface area (Å²) in [4.78, 5) is 0. The van der Waals surface area contributed by atoms with Crippen LogP contribution in [0.4, 0.5) is 0 Å². The van der Waals surface area contributed by atoms with Crippen LogP contribution in [-0.4, -0.2) is 0 Å². The van der Waals surface area contributed by atoms with Gasteiger partial charge in [-0.1, -0.05) is 81.7 Å². The standard InChI is InChI=1S/C22H25Br/c1-21(2,3)19-17-12-15-10-8-7-9-14(15)11-16(17)13-18(23)20(19)22(4,5)6/h7-13H,1-6H3. The number of halogens is 1. The third-order valence-corrected chi connectivity index (χ3v) is 5.08. The van der Waals surface area contributed by atoms with E-state index in [-0.39, 0.29) is 10.8 Å². The molecule has 0 atom stereocenters. The van der Waals surface area contributed by atoms with Crippen molar-refractivity contribution in [3.05, 3.63) is 58.1 Å². The van der Waals surface area contributed by atoms with Crippen LogP contribution < -0.4 is 0 Å². The maximum absolute atomic E-state index is 3.86. The average molecular weight is 369 g/mol. The van der Waals surface area contributed by atoms with Gasteiger partial charge in [0.25, 0.3) is 0 Å². The van der Waals surface area contributed by atoms with E-state index in [1.54, 1.807) is 0 Å². The van der Waals surface area contributed by atoms with Gasteiger partial charge in [0.15, 0.2) is 0 Å². The van der Waals surface area contributed by atoms with Crippen LogP contribution in [0.15, 0.2) is 46.9 Å². The maximum Gasteiger partial charge on any atom is 0.0221 e. The van der Waals surface area contributed by atoms with E-state index < -0.39 is 0 Å². The van der Waals surface area contributed by atoms with Gasteiger partial charge in [0.2, 0.25) is 0 Å². The van der Waals surface area contributed by atoms with Crippen LogP contribution in [0.3, 0.4) is 0 Å². The first-order chi connectivity index (χ1) is 10.6. The van der Waals surface area contributed by atoms with Crippen LogP contribution in [0, 0.1) is 0 Å². The SMILES string of the molecule is CC(C)(C)c1c(Br)cc2cc3ccccc3cc2c1C(C)(C)C. The topological polar surface area (TPSA) is 0 Å². The lowest BCUT2D eigenvalue weighted by Gasteiger charge is -2.33. The molecule has 0 radical (unpaired) electrons. The van der Waals surface area contributed by atoms with Gasteiger partial charge in [0.1, 0.15) is 0 Å². The van der Waals surface area contributed by atoms with E-state index in [1.165, 1.54) is 37.1 Å². The lowest BCUT2D eigenvalue weighted by Crippen LogP contribution is -2.23. The van der Waals surface area contributed by atoms with Gasteiger partial charge < -0.3 is 0 Å². The monoisotopic (exact) mass is 368 g/mol. The first-order valence-corrected chi connectivity index (χ1v) is 9.04. The molecule has 0 aromatic heterocycles. The number of hydrogen-bond acceptors (Lipinski definition) is 0. The van der Waals surface area contributed by atoms with Crippen molar-refractivity contribution in [1.82, 2.24) is 0 Å². The molecular weight excluding hydrogens is 344 g/mol. The zero-order valence-electron chi connectivity index (χ0n) is 14.9. The van der Waals surface area contributed by atoms with Gasteiger partial charge in [-0.05, 0) is 61.7 Å². The quantitative estimate of drug-likeness (QED) is 0.363. The molecule has 0 aliphatic rings. The Morgan fingerprint density at radius 3 is 1.70 bits per heavy atom. The summed E-state index contributed by atoms with van der Waals surface area (Å²) in [6.45, 7) is 13.9. The number of benzene rings is 3. The normalized spacial score (nSPS) is 13.0. The van der Waals surface area contributed by atoms with Crippen molar-refractivity contribution in [2.45, 2.75) is 52.4 Å². The molecule has 3 rings (SSSR count). The third kappa shape index (κ3) is 2.92. The summed E-state index contributed by atoms with van der Waals surface area (Å²) in [5.41, 5.74) is 3.07. The van der Waals surface area contributed by atoms with Crippen LogP contribution in [0.1, 0.15) is 52.7 Å². The van der Waals surface area contributed by atoms with Gasteiger partial charge in [0, 0.05) is 4.47 Å². The Balaban J connectivity index is 2.54. The van der Waals surface area contributed by atoms with Crippen LogP contribution in [0.5, 0.6) is 0 Å². The molecule has 23 heavy (non-hydrogen) atoms. The predicted octanol–water partition coefficient (Wildman–Crippen LogP) is 7.35. The molecule has 120 valence electrons. The Morgan fingerprint density at radius 1 is 0.652 bits per heavy atom. The van der Waals surface area contributed by atoms with Crippen molar-refractivity contribution in [3.8, 4) is 0 Å². The van der Waals surface area contributed by atoms with Crippen LogP contribution in [-0.2, 0) is 10.8 Å². The zero-order valence-corrected chi connectivity index (χ0v) is 16.5. The first-order valence-electron chi connectivity index (χ1n) is 8.25. The molecular formula is C22H25Br. The summed E-state index contributed by atoms with van der Waals surface area (Å²) in [5, 5.41) is 5.31. The minimum atomic E-state index is 0.0904. The predicted molar refractivity (Wildman–Crippen MR) is 107 cm³/mol. The highest BCUT2D eigenvalue weighted by Crippen LogP contribution is 2.43. The Hall–Kier alpha value is -1.34. The number of rotatable bonds is 0. The summed E-state index contributed by atoms with van der Waals surface area (Å²) in [6.07, 6.45) is 0. The molecule has 0 heterocycles. The molecule has 1 heteroatoms. The Kier molecular flexibility index (Phi) is 3.84. The molecule has 0 N–H and O–H groups in total. The van der Waals surface area contributed by atoms with Crippen molar-refractivity contribution < 1.29 is 0 Å². The second-order valence-electron chi connectivity index (χ2n) is 8.53. The molecule has 3 aromatic carbocycles. The Bertz CT molecular complexity index is 890. The minimum Gasteiger partial charge on any atom is -0.0616 e. The van der Waals surface area contributed by atoms with Gasteiger partial charge in [0.05, 0.1) is 0 Å². The van der Waals surface area contributed by atoms with Crippen LogP contribution >= 0.6 is 15.9 Å².